The van der Waals surface area contributed by atoms with Crippen molar-refractivity contribution in [2.45, 2.75) is 32.8 Å². The van der Waals surface area contributed by atoms with E-state index in [-0.39, 0.29) is 12.1 Å². The normalized spacial score (nSPS) is 11.8. The highest BCUT2D eigenvalue weighted by Gasteiger charge is 2.03. The van der Waals surface area contributed by atoms with Gasteiger partial charge in [-0.15, -0.1) is 0 Å². The maximum absolute atomic E-state index is 11.4. The van der Waals surface area contributed by atoms with Crippen LogP contribution >= 0.6 is 0 Å². The van der Waals surface area contributed by atoms with E-state index in [1.165, 1.54) is 0 Å². The summed E-state index contributed by atoms with van der Waals surface area (Å²) in [4.78, 5) is 11.4. The van der Waals surface area contributed by atoms with Crippen molar-refractivity contribution in [2.24, 2.45) is 0 Å². The molecule has 5 heteroatoms. The Labute approximate surface area is 120 Å². The largest absolute Gasteiger partial charge is 0.491 e. The number of nitrogens with one attached hydrogen (secondary N) is 2. The van der Waals surface area contributed by atoms with Crippen molar-refractivity contribution in [1.29, 1.82) is 0 Å². The molecule has 0 radical (unpaired) electrons. The lowest BCUT2D eigenvalue weighted by Gasteiger charge is -2.11. The Balaban J connectivity index is 2.09. The molecule has 0 aliphatic rings. The molecule has 20 heavy (non-hydrogen) atoms. The zero-order valence-corrected chi connectivity index (χ0v) is 12.2. The van der Waals surface area contributed by atoms with E-state index in [0.717, 1.165) is 11.3 Å². The first-order chi connectivity index (χ1) is 9.63. The molecule has 1 aromatic rings. The van der Waals surface area contributed by atoms with Crippen LogP contribution in [0.5, 0.6) is 5.75 Å². The molecule has 1 rings (SSSR count). The number of hydrogen-bond donors (Lipinski definition) is 3. The fraction of sp³-hybridized carbons (Fsp3) is 0.533. The highest BCUT2D eigenvalue weighted by atomic mass is 16.5. The molecule has 0 heterocycles. The molecule has 0 bridgehead atoms. The van der Waals surface area contributed by atoms with Gasteiger partial charge in [0.05, 0.1) is 12.6 Å². The Kier molecular flexibility index (Phi) is 7.50. The molecule has 1 aromatic carbocycles. The lowest BCUT2D eigenvalue weighted by atomic mass is 10.2. The van der Waals surface area contributed by atoms with Crippen molar-refractivity contribution >= 4 is 6.03 Å². The maximum Gasteiger partial charge on any atom is 0.314 e. The minimum atomic E-state index is -0.348. The fourth-order valence-corrected chi connectivity index (χ4v) is 1.66. The second kappa shape index (κ2) is 9.20. The summed E-state index contributed by atoms with van der Waals surface area (Å²) in [6.45, 7) is 5.23. The third-order valence-electron chi connectivity index (χ3n) is 2.97. The second-order valence-electron chi connectivity index (χ2n) is 4.65. The molecule has 0 saturated carbocycles. The molecular formula is C15H24N2O3. The maximum atomic E-state index is 11.4. The van der Waals surface area contributed by atoms with E-state index in [1.807, 2.05) is 38.1 Å². The summed E-state index contributed by atoms with van der Waals surface area (Å²) in [5, 5.41) is 14.7. The van der Waals surface area contributed by atoms with E-state index in [1.54, 1.807) is 0 Å². The van der Waals surface area contributed by atoms with Gasteiger partial charge in [-0.25, -0.2) is 4.79 Å². The number of urea groups is 1. The Morgan fingerprint density at radius 1 is 1.30 bits per heavy atom. The third kappa shape index (κ3) is 6.43. The summed E-state index contributed by atoms with van der Waals surface area (Å²) >= 11 is 0. The van der Waals surface area contributed by atoms with Crippen LogP contribution in [-0.4, -0.2) is 36.9 Å². The minimum Gasteiger partial charge on any atom is -0.491 e. The van der Waals surface area contributed by atoms with Gasteiger partial charge in [0, 0.05) is 6.54 Å². The zero-order chi connectivity index (χ0) is 14.8. The van der Waals surface area contributed by atoms with Crippen LogP contribution in [0, 0.1) is 6.92 Å². The number of ether oxygens (including phenoxy) is 1. The molecule has 0 aliphatic carbocycles. The molecule has 1 unspecified atom stereocenters. The molecule has 0 fully saturated rings. The van der Waals surface area contributed by atoms with Crippen LogP contribution in [-0.2, 0) is 0 Å². The summed E-state index contributed by atoms with van der Waals surface area (Å²) < 4.78 is 5.56. The van der Waals surface area contributed by atoms with Crippen LogP contribution < -0.4 is 15.4 Å². The monoisotopic (exact) mass is 280 g/mol. The van der Waals surface area contributed by atoms with E-state index >= 15 is 0 Å². The number of benzene rings is 1. The predicted molar refractivity (Wildman–Crippen MR) is 79.0 cm³/mol. The van der Waals surface area contributed by atoms with Gasteiger partial charge < -0.3 is 20.5 Å². The van der Waals surface area contributed by atoms with Crippen molar-refractivity contribution in [3.63, 3.8) is 0 Å². The van der Waals surface area contributed by atoms with Gasteiger partial charge in [-0.3, -0.25) is 0 Å². The van der Waals surface area contributed by atoms with E-state index in [2.05, 4.69) is 10.6 Å². The molecule has 0 aliphatic heterocycles. The summed E-state index contributed by atoms with van der Waals surface area (Å²) in [7, 11) is 0. The summed E-state index contributed by atoms with van der Waals surface area (Å²) in [5.41, 5.74) is 1.07. The number of aliphatic hydroxyl groups excluding tert-OH is 1. The zero-order valence-electron chi connectivity index (χ0n) is 12.2. The van der Waals surface area contributed by atoms with Gasteiger partial charge in [-0.2, -0.15) is 0 Å². The van der Waals surface area contributed by atoms with E-state index in [4.69, 9.17) is 4.74 Å². The molecular weight excluding hydrogens is 256 g/mol. The molecule has 0 aromatic heterocycles. The van der Waals surface area contributed by atoms with E-state index in [0.29, 0.717) is 32.5 Å². The van der Waals surface area contributed by atoms with Crippen LogP contribution in [0.25, 0.3) is 0 Å². The smallest absolute Gasteiger partial charge is 0.314 e. The minimum absolute atomic E-state index is 0.235. The van der Waals surface area contributed by atoms with Gasteiger partial charge in [0.15, 0.2) is 0 Å². The lowest BCUT2D eigenvalue weighted by molar-refractivity contribution is 0.160. The van der Waals surface area contributed by atoms with Gasteiger partial charge in [0.2, 0.25) is 0 Å². The Morgan fingerprint density at radius 3 is 2.70 bits per heavy atom. The average Bonchev–Trinajstić information content (AvgIpc) is 2.45. The molecule has 0 saturated heterocycles. The number of aliphatic hydroxyl groups is 1. The van der Waals surface area contributed by atoms with Crippen LogP contribution in [0.1, 0.15) is 25.3 Å². The topological polar surface area (TPSA) is 70.6 Å². The molecule has 112 valence electrons. The number of aryl methyl sites for hydroxylation is 1. The summed E-state index contributed by atoms with van der Waals surface area (Å²) in [5.74, 6) is 0.834. The van der Waals surface area contributed by atoms with Crippen molar-refractivity contribution in [3.8, 4) is 5.75 Å². The first-order valence-electron chi connectivity index (χ1n) is 7.01. The number of hydrogen-bond acceptors (Lipinski definition) is 3. The average molecular weight is 280 g/mol. The quantitative estimate of drug-likeness (QED) is 0.636. The third-order valence-corrected chi connectivity index (χ3v) is 2.97. The van der Waals surface area contributed by atoms with Crippen molar-refractivity contribution < 1.29 is 14.6 Å². The first kappa shape index (κ1) is 16.3. The van der Waals surface area contributed by atoms with E-state index < -0.39 is 0 Å². The van der Waals surface area contributed by atoms with E-state index in [9.17, 15) is 9.90 Å². The van der Waals surface area contributed by atoms with Crippen molar-refractivity contribution in [3.05, 3.63) is 29.8 Å². The number of rotatable bonds is 8. The molecule has 2 amide bonds. The number of para-hydroxylation sites is 1. The Hall–Kier alpha value is -1.75. The van der Waals surface area contributed by atoms with Gasteiger partial charge in [-0.1, -0.05) is 25.1 Å². The SMILES string of the molecule is CCC(O)CCNC(=O)NCCOc1ccccc1C. The molecule has 3 N–H and O–H groups in total. The van der Waals surface area contributed by atoms with Crippen LogP contribution in [0.4, 0.5) is 4.79 Å². The lowest BCUT2D eigenvalue weighted by Crippen LogP contribution is -2.38. The fourth-order valence-electron chi connectivity index (χ4n) is 1.66. The van der Waals surface area contributed by atoms with Crippen molar-refractivity contribution in [2.75, 3.05) is 19.7 Å². The van der Waals surface area contributed by atoms with Crippen LogP contribution in [0.2, 0.25) is 0 Å². The molecule has 1 atom stereocenters. The summed E-state index contributed by atoms with van der Waals surface area (Å²) in [6.07, 6.45) is 0.927. The Bertz CT molecular complexity index is 410. The van der Waals surface area contributed by atoms with Crippen molar-refractivity contribution in [1.82, 2.24) is 10.6 Å². The molecule has 5 nitrogen and oxygen atoms in total. The van der Waals surface area contributed by atoms with Gasteiger partial charge in [-0.05, 0) is 31.4 Å². The molecule has 0 spiro atoms. The highest BCUT2D eigenvalue weighted by molar-refractivity contribution is 5.73. The van der Waals surface area contributed by atoms with Crippen LogP contribution in [0.3, 0.4) is 0 Å². The predicted octanol–water partition coefficient (Wildman–Crippen LogP) is 1.83. The summed E-state index contributed by atoms with van der Waals surface area (Å²) in [6, 6.07) is 7.53. The van der Waals surface area contributed by atoms with Gasteiger partial charge in [0.25, 0.3) is 0 Å². The second-order valence-corrected chi connectivity index (χ2v) is 4.65. The standard InChI is InChI=1S/C15H24N2O3/c1-3-13(18)8-9-16-15(19)17-10-11-20-14-7-5-4-6-12(14)2/h4-7,13,18H,3,8-11H2,1-2H3,(H2,16,17,19). The highest BCUT2D eigenvalue weighted by Crippen LogP contribution is 2.15. The number of amides is 2. The number of carbonyl (C=O) groups is 1. The van der Waals surface area contributed by atoms with Gasteiger partial charge in [0.1, 0.15) is 12.4 Å². The van der Waals surface area contributed by atoms with Crippen LogP contribution in [0.15, 0.2) is 24.3 Å². The Morgan fingerprint density at radius 2 is 2.00 bits per heavy atom. The van der Waals surface area contributed by atoms with Gasteiger partial charge >= 0.3 is 6.03 Å². The number of carbonyl (C=O) groups excluding carboxylic acids is 1. The first-order valence-corrected chi connectivity index (χ1v) is 7.01.